The third-order valence-corrected chi connectivity index (χ3v) is 3.93. The van der Waals surface area contributed by atoms with E-state index in [2.05, 4.69) is 0 Å². The van der Waals surface area contributed by atoms with Crippen LogP contribution in [-0.2, 0) is 15.0 Å². The normalized spacial score (nSPS) is 18.9. The highest BCUT2D eigenvalue weighted by molar-refractivity contribution is 7.86. The molecule has 21 heavy (non-hydrogen) atoms. The monoisotopic (exact) mass is 318 g/mol. The summed E-state index contributed by atoms with van der Waals surface area (Å²) in [6, 6.07) is 3.10. The number of benzene rings is 1. The number of anilines is 1. The Morgan fingerprint density at radius 1 is 1.33 bits per heavy atom. The summed E-state index contributed by atoms with van der Waals surface area (Å²) in [5.74, 6) is -4.67. The number of nitriles is 1. The first kappa shape index (κ1) is 15.3. The van der Waals surface area contributed by atoms with Crippen molar-refractivity contribution in [1.82, 2.24) is 0 Å². The largest absolute Gasteiger partial charge is 0.307 e. The van der Waals surface area contributed by atoms with Crippen molar-refractivity contribution in [2.24, 2.45) is 5.92 Å². The summed E-state index contributed by atoms with van der Waals surface area (Å²) < 4.78 is 61.4. The van der Waals surface area contributed by atoms with Gasteiger partial charge in [-0.15, -0.1) is 3.89 Å². The van der Waals surface area contributed by atoms with Crippen molar-refractivity contribution in [3.63, 3.8) is 0 Å². The molecule has 2 rings (SSSR count). The Morgan fingerprint density at radius 2 is 1.90 bits per heavy atom. The van der Waals surface area contributed by atoms with E-state index >= 15 is 0 Å². The van der Waals surface area contributed by atoms with Gasteiger partial charge in [-0.3, -0.25) is 4.79 Å². The van der Waals surface area contributed by atoms with Crippen LogP contribution in [0.5, 0.6) is 0 Å². The summed E-state index contributed by atoms with van der Waals surface area (Å²) in [5, 5.41) is 8.59. The number of amides is 1. The molecule has 1 aliphatic rings. The first-order chi connectivity index (χ1) is 9.71. The van der Waals surface area contributed by atoms with Gasteiger partial charge in [0.05, 0.1) is 17.4 Å². The Balaban J connectivity index is 2.32. The van der Waals surface area contributed by atoms with E-state index in [9.17, 15) is 25.9 Å². The van der Waals surface area contributed by atoms with Gasteiger partial charge in [0.2, 0.25) is 5.91 Å². The number of halogens is 3. The summed E-state index contributed by atoms with van der Waals surface area (Å²) in [6.07, 6.45) is -0.317. The topological polar surface area (TPSA) is 78.2 Å². The van der Waals surface area contributed by atoms with Gasteiger partial charge < -0.3 is 4.90 Å². The zero-order valence-electron chi connectivity index (χ0n) is 10.5. The first-order valence-electron chi connectivity index (χ1n) is 5.83. The molecule has 1 atom stereocenters. The second-order valence-corrected chi connectivity index (χ2v) is 6.09. The van der Waals surface area contributed by atoms with E-state index in [1.165, 1.54) is 0 Å². The lowest BCUT2D eigenvalue weighted by Crippen LogP contribution is -2.27. The molecule has 112 valence electrons. The van der Waals surface area contributed by atoms with Gasteiger partial charge in [0, 0.05) is 18.9 Å². The molecule has 0 aromatic heterocycles. The van der Waals surface area contributed by atoms with Gasteiger partial charge >= 0.3 is 10.2 Å². The Morgan fingerprint density at radius 3 is 2.38 bits per heavy atom. The van der Waals surface area contributed by atoms with Crippen LogP contribution in [0.4, 0.5) is 18.4 Å². The third kappa shape index (κ3) is 3.33. The van der Waals surface area contributed by atoms with E-state index in [1.54, 1.807) is 6.07 Å². The highest BCUT2D eigenvalue weighted by Gasteiger charge is 2.36. The van der Waals surface area contributed by atoms with Gasteiger partial charge in [-0.1, -0.05) is 0 Å². The van der Waals surface area contributed by atoms with Crippen molar-refractivity contribution in [3.8, 4) is 6.07 Å². The minimum Gasteiger partial charge on any atom is -0.307 e. The lowest BCUT2D eigenvalue weighted by molar-refractivity contribution is -0.117. The summed E-state index contributed by atoms with van der Waals surface area (Å²) in [5.41, 5.74) is -0.902. The fraction of sp³-hybridized carbons (Fsp3) is 0.333. The van der Waals surface area contributed by atoms with Crippen molar-refractivity contribution in [3.05, 3.63) is 29.3 Å². The number of carbonyl (C=O) groups is 1. The Labute approximate surface area is 118 Å². The third-order valence-electron chi connectivity index (χ3n) is 3.06. The van der Waals surface area contributed by atoms with E-state index < -0.39 is 45.1 Å². The predicted molar refractivity (Wildman–Crippen MR) is 66.4 cm³/mol. The Kier molecular flexibility index (Phi) is 3.91. The van der Waals surface area contributed by atoms with Crippen LogP contribution < -0.4 is 4.90 Å². The molecule has 1 saturated heterocycles. The maximum absolute atomic E-state index is 13.8. The molecule has 1 aromatic carbocycles. The Bertz CT molecular complexity index is 720. The van der Waals surface area contributed by atoms with Gasteiger partial charge in [-0.2, -0.15) is 13.7 Å². The van der Waals surface area contributed by atoms with Crippen LogP contribution in [0.15, 0.2) is 12.1 Å². The van der Waals surface area contributed by atoms with Crippen LogP contribution >= 0.6 is 0 Å². The molecule has 1 heterocycles. The SMILES string of the molecule is N#Cc1cc(F)c(N2CC(CS(=O)(=O)F)CC2=O)c(F)c1. The van der Waals surface area contributed by atoms with Gasteiger partial charge in [0.1, 0.15) is 5.69 Å². The molecule has 0 radical (unpaired) electrons. The smallest absolute Gasteiger partial charge is 0.302 e. The van der Waals surface area contributed by atoms with E-state index in [4.69, 9.17) is 5.26 Å². The maximum atomic E-state index is 13.8. The molecule has 5 nitrogen and oxygen atoms in total. The van der Waals surface area contributed by atoms with Gasteiger partial charge in [-0.25, -0.2) is 8.78 Å². The average molecular weight is 318 g/mol. The fourth-order valence-electron chi connectivity index (χ4n) is 2.28. The quantitative estimate of drug-likeness (QED) is 0.791. The minimum atomic E-state index is -4.78. The molecule has 0 N–H and O–H groups in total. The van der Waals surface area contributed by atoms with Gasteiger partial charge in [0.15, 0.2) is 11.6 Å². The van der Waals surface area contributed by atoms with Gasteiger partial charge in [0.25, 0.3) is 0 Å². The summed E-state index contributed by atoms with van der Waals surface area (Å²) in [4.78, 5) is 12.5. The van der Waals surface area contributed by atoms with Crippen molar-refractivity contribution < 1.29 is 25.9 Å². The minimum absolute atomic E-state index is 0.247. The molecule has 1 unspecified atom stereocenters. The second-order valence-electron chi connectivity index (χ2n) is 4.68. The first-order valence-corrected chi connectivity index (χ1v) is 7.38. The van der Waals surface area contributed by atoms with E-state index in [0.717, 1.165) is 17.0 Å². The van der Waals surface area contributed by atoms with Crippen LogP contribution in [0.1, 0.15) is 12.0 Å². The van der Waals surface area contributed by atoms with Crippen LogP contribution in [0.2, 0.25) is 0 Å². The number of hydrogen-bond acceptors (Lipinski definition) is 4. The van der Waals surface area contributed by atoms with E-state index in [0.29, 0.717) is 0 Å². The van der Waals surface area contributed by atoms with E-state index in [-0.39, 0.29) is 18.5 Å². The number of carbonyl (C=O) groups excluding carboxylic acids is 1. The van der Waals surface area contributed by atoms with Crippen LogP contribution in [-0.4, -0.2) is 26.6 Å². The highest BCUT2D eigenvalue weighted by atomic mass is 32.3. The zero-order chi connectivity index (χ0) is 15.8. The lowest BCUT2D eigenvalue weighted by Gasteiger charge is -2.18. The maximum Gasteiger partial charge on any atom is 0.302 e. The molecule has 0 bridgehead atoms. The van der Waals surface area contributed by atoms with Crippen molar-refractivity contribution in [2.45, 2.75) is 6.42 Å². The molecule has 1 amide bonds. The van der Waals surface area contributed by atoms with Crippen molar-refractivity contribution in [2.75, 3.05) is 17.2 Å². The number of nitrogens with zero attached hydrogens (tertiary/aromatic N) is 2. The predicted octanol–water partition coefficient (Wildman–Crippen LogP) is 1.49. The second kappa shape index (κ2) is 5.37. The molecule has 1 aromatic rings. The zero-order valence-corrected chi connectivity index (χ0v) is 11.3. The van der Waals surface area contributed by atoms with Gasteiger partial charge in [-0.05, 0) is 12.1 Å². The highest BCUT2D eigenvalue weighted by Crippen LogP contribution is 2.31. The molecule has 1 aliphatic heterocycles. The molecule has 0 saturated carbocycles. The van der Waals surface area contributed by atoms with Crippen LogP contribution in [0.3, 0.4) is 0 Å². The van der Waals surface area contributed by atoms with Crippen LogP contribution in [0.25, 0.3) is 0 Å². The molecule has 0 spiro atoms. The summed E-state index contributed by atoms with van der Waals surface area (Å²) >= 11 is 0. The van der Waals surface area contributed by atoms with Crippen LogP contribution in [0, 0.1) is 28.9 Å². The number of rotatable bonds is 3. The lowest BCUT2D eigenvalue weighted by atomic mass is 10.1. The standard InChI is InChI=1S/C12H9F3N2O3S/c13-9-1-7(4-16)2-10(14)12(9)17-5-8(3-11(17)18)6-21(15,19)20/h1-2,8H,3,5-6H2. The van der Waals surface area contributed by atoms with Crippen molar-refractivity contribution >= 4 is 21.8 Å². The Hall–Kier alpha value is -2.08. The molecule has 0 aliphatic carbocycles. The molecule has 1 fully saturated rings. The average Bonchev–Trinajstić information content (AvgIpc) is 2.66. The number of hydrogen-bond donors (Lipinski definition) is 0. The molecule has 9 heteroatoms. The summed E-state index contributed by atoms with van der Waals surface area (Å²) in [6.45, 7) is -0.304. The summed E-state index contributed by atoms with van der Waals surface area (Å²) in [7, 11) is -4.78. The van der Waals surface area contributed by atoms with E-state index in [1.807, 2.05) is 0 Å². The van der Waals surface area contributed by atoms with Crippen molar-refractivity contribution in [1.29, 1.82) is 5.26 Å². The molecular weight excluding hydrogens is 309 g/mol. The fourth-order valence-corrected chi connectivity index (χ4v) is 3.07. The molecular formula is C12H9F3N2O3S.